The minimum atomic E-state index is 0.0189. The Hall–Kier alpha value is -0.880. The Morgan fingerprint density at radius 1 is 1.50 bits per heavy atom. The lowest BCUT2D eigenvalue weighted by Gasteiger charge is -2.15. The van der Waals surface area contributed by atoms with Crippen molar-refractivity contribution in [3.8, 4) is 0 Å². The van der Waals surface area contributed by atoms with Crippen molar-refractivity contribution in [3.63, 3.8) is 0 Å². The molecule has 2 N–H and O–H groups in total. The molecule has 0 bridgehead atoms. The average molecular weight is 356 g/mol. The Bertz CT molecular complexity index is 483. The van der Waals surface area contributed by atoms with Gasteiger partial charge in [-0.1, -0.05) is 17.7 Å². The highest BCUT2D eigenvalue weighted by molar-refractivity contribution is 14.1. The van der Waals surface area contributed by atoms with E-state index in [1.807, 2.05) is 25.1 Å². The Morgan fingerprint density at radius 2 is 2.33 bits per heavy atom. The average Bonchev–Trinajstić information content (AvgIpc) is 2.40. The van der Waals surface area contributed by atoms with Gasteiger partial charge in [0.05, 0.1) is 0 Å². The first kappa shape index (κ1) is 13.5. The predicted molar refractivity (Wildman–Crippen MR) is 81.8 cm³/mol. The minimum Gasteiger partial charge on any atom is -0.348 e. The number of hydrogen-bond donors (Lipinski definition) is 2. The molecule has 0 saturated carbocycles. The van der Waals surface area contributed by atoms with E-state index in [1.165, 1.54) is 5.57 Å². The van der Waals surface area contributed by atoms with Crippen molar-refractivity contribution in [1.82, 2.24) is 10.6 Å². The summed E-state index contributed by atoms with van der Waals surface area (Å²) in [4.78, 5) is 12.1. The van der Waals surface area contributed by atoms with Crippen LogP contribution in [0.25, 0.3) is 0 Å². The molecule has 18 heavy (non-hydrogen) atoms. The van der Waals surface area contributed by atoms with Crippen LogP contribution in [-0.4, -0.2) is 25.5 Å². The van der Waals surface area contributed by atoms with Gasteiger partial charge in [-0.3, -0.25) is 4.79 Å². The molecule has 0 atom stereocenters. The Balaban J connectivity index is 1.99. The van der Waals surface area contributed by atoms with E-state index in [4.69, 9.17) is 0 Å². The number of benzene rings is 1. The smallest absolute Gasteiger partial charge is 0.251 e. The normalized spacial score (nSPS) is 15.1. The van der Waals surface area contributed by atoms with Gasteiger partial charge in [-0.05, 0) is 60.2 Å². The molecule has 1 aliphatic heterocycles. The van der Waals surface area contributed by atoms with Gasteiger partial charge in [0.25, 0.3) is 5.91 Å². The van der Waals surface area contributed by atoms with E-state index >= 15 is 0 Å². The summed E-state index contributed by atoms with van der Waals surface area (Å²) < 4.78 is 1.13. The molecule has 1 amide bonds. The molecule has 0 aliphatic carbocycles. The van der Waals surface area contributed by atoms with E-state index in [0.29, 0.717) is 6.54 Å². The van der Waals surface area contributed by atoms with E-state index < -0.39 is 0 Å². The van der Waals surface area contributed by atoms with Crippen molar-refractivity contribution in [2.45, 2.75) is 13.3 Å². The molecule has 2 rings (SSSR count). The summed E-state index contributed by atoms with van der Waals surface area (Å²) in [6.07, 6.45) is 3.18. The van der Waals surface area contributed by atoms with E-state index in [1.54, 1.807) is 0 Å². The van der Waals surface area contributed by atoms with Gasteiger partial charge in [-0.2, -0.15) is 0 Å². The third-order valence-corrected chi connectivity index (χ3v) is 4.31. The molecule has 0 fully saturated rings. The van der Waals surface area contributed by atoms with Crippen LogP contribution in [0.1, 0.15) is 22.3 Å². The van der Waals surface area contributed by atoms with Gasteiger partial charge in [0, 0.05) is 22.2 Å². The highest BCUT2D eigenvalue weighted by Crippen LogP contribution is 2.15. The third-order valence-electron chi connectivity index (χ3n) is 3.15. The summed E-state index contributed by atoms with van der Waals surface area (Å²) in [6, 6.07) is 5.82. The maximum Gasteiger partial charge on any atom is 0.251 e. The van der Waals surface area contributed by atoms with Gasteiger partial charge in [-0.15, -0.1) is 0 Å². The number of halogens is 1. The first-order valence-electron chi connectivity index (χ1n) is 6.10. The second-order valence-electron chi connectivity index (χ2n) is 4.41. The molecular weight excluding hydrogens is 339 g/mol. The lowest BCUT2D eigenvalue weighted by atomic mass is 10.1. The highest BCUT2D eigenvalue weighted by atomic mass is 127. The number of nitrogens with one attached hydrogen (secondary N) is 2. The van der Waals surface area contributed by atoms with Gasteiger partial charge in [-0.25, -0.2) is 0 Å². The van der Waals surface area contributed by atoms with Gasteiger partial charge in [0.1, 0.15) is 0 Å². The summed E-state index contributed by atoms with van der Waals surface area (Å²) in [5, 5.41) is 6.26. The van der Waals surface area contributed by atoms with Crippen LogP contribution in [0.5, 0.6) is 0 Å². The fourth-order valence-electron chi connectivity index (χ4n) is 1.97. The summed E-state index contributed by atoms with van der Waals surface area (Å²) in [6.45, 7) is 4.56. The molecule has 0 saturated heterocycles. The van der Waals surface area contributed by atoms with Crippen molar-refractivity contribution in [3.05, 3.63) is 44.5 Å². The number of amides is 1. The Morgan fingerprint density at radius 3 is 3.06 bits per heavy atom. The van der Waals surface area contributed by atoms with Crippen LogP contribution in [0.2, 0.25) is 0 Å². The quantitative estimate of drug-likeness (QED) is 0.644. The standard InChI is InChI=1S/C14H17IN2O/c1-10-12(3-2-4-13(10)15)14(18)17-9-11-5-7-16-8-6-11/h2-5,16H,6-9H2,1H3,(H,17,18). The van der Waals surface area contributed by atoms with Crippen LogP contribution in [0.15, 0.2) is 29.8 Å². The van der Waals surface area contributed by atoms with Crippen molar-refractivity contribution in [2.24, 2.45) is 0 Å². The van der Waals surface area contributed by atoms with Crippen LogP contribution in [0.3, 0.4) is 0 Å². The zero-order chi connectivity index (χ0) is 13.0. The van der Waals surface area contributed by atoms with Crippen LogP contribution in [0.4, 0.5) is 0 Å². The summed E-state index contributed by atoms with van der Waals surface area (Å²) >= 11 is 2.26. The SMILES string of the molecule is Cc1c(I)cccc1C(=O)NCC1=CCNCC1. The van der Waals surface area contributed by atoms with Crippen LogP contribution in [0, 0.1) is 10.5 Å². The van der Waals surface area contributed by atoms with E-state index in [0.717, 1.165) is 34.2 Å². The second-order valence-corrected chi connectivity index (χ2v) is 5.57. The van der Waals surface area contributed by atoms with Crippen LogP contribution in [-0.2, 0) is 0 Å². The van der Waals surface area contributed by atoms with Crippen LogP contribution < -0.4 is 10.6 Å². The summed E-state index contributed by atoms with van der Waals surface area (Å²) in [7, 11) is 0. The van der Waals surface area contributed by atoms with Gasteiger partial charge >= 0.3 is 0 Å². The lowest BCUT2D eigenvalue weighted by molar-refractivity contribution is 0.0956. The molecule has 0 spiro atoms. The van der Waals surface area contributed by atoms with Gasteiger partial charge in [0.15, 0.2) is 0 Å². The number of carbonyl (C=O) groups is 1. The number of carbonyl (C=O) groups excluding carboxylic acids is 1. The van der Waals surface area contributed by atoms with Gasteiger partial charge < -0.3 is 10.6 Å². The summed E-state index contributed by atoms with van der Waals surface area (Å²) in [5.41, 5.74) is 3.14. The maximum absolute atomic E-state index is 12.1. The van der Waals surface area contributed by atoms with Crippen molar-refractivity contribution in [2.75, 3.05) is 19.6 Å². The molecule has 3 nitrogen and oxygen atoms in total. The monoisotopic (exact) mass is 356 g/mol. The molecule has 1 aromatic rings. The first-order valence-corrected chi connectivity index (χ1v) is 7.18. The lowest BCUT2D eigenvalue weighted by Crippen LogP contribution is -2.30. The topological polar surface area (TPSA) is 41.1 Å². The Kier molecular flexibility index (Phi) is 4.77. The molecule has 1 aliphatic rings. The molecule has 0 radical (unpaired) electrons. The Labute approximate surface area is 121 Å². The molecule has 0 aromatic heterocycles. The fourth-order valence-corrected chi connectivity index (χ4v) is 2.47. The fraction of sp³-hybridized carbons (Fsp3) is 0.357. The van der Waals surface area contributed by atoms with E-state index in [9.17, 15) is 4.79 Å². The zero-order valence-electron chi connectivity index (χ0n) is 10.4. The number of rotatable bonds is 3. The van der Waals surface area contributed by atoms with Crippen LogP contribution >= 0.6 is 22.6 Å². The zero-order valence-corrected chi connectivity index (χ0v) is 12.6. The molecule has 1 aromatic carbocycles. The maximum atomic E-state index is 12.1. The molecular formula is C14H17IN2O. The molecule has 96 valence electrons. The molecule has 1 heterocycles. The summed E-state index contributed by atoms with van der Waals surface area (Å²) in [5.74, 6) is 0.0189. The van der Waals surface area contributed by atoms with Crippen molar-refractivity contribution >= 4 is 28.5 Å². The molecule has 4 heteroatoms. The van der Waals surface area contributed by atoms with E-state index in [2.05, 4.69) is 39.3 Å². The second kappa shape index (κ2) is 6.33. The molecule has 0 unspecified atom stereocenters. The first-order chi connectivity index (χ1) is 8.68. The number of hydrogen-bond acceptors (Lipinski definition) is 2. The van der Waals surface area contributed by atoms with Crippen molar-refractivity contribution < 1.29 is 4.79 Å². The van der Waals surface area contributed by atoms with Crippen molar-refractivity contribution in [1.29, 1.82) is 0 Å². The van der Waals surface area contributed by atoms with Gasteiger partial charge in [0.2, 0.25) is 0 Å². The predicted octanol–water partition coefficient (Wildman–Crippen LogP) is 2.25. The van der Waals surface area contributed by atoms with E-state index in [-0.39, 0.29) is 5.91 Å². The largest absolute Gasteiger partial charge is 0.348 e. The third kappa shape index (κ3) is 3.32. The highest BCUT2D eigenvalue weighted by Gasteiger charge is 2.11. The minimum absolute atomic E-state index is 0.0189.